The van der Waals surface area contributed by atoms with E-state index in [-0.39, 0.29) is 38.8 Å². The summed E-state index contributed by atoms with van der Waals surface area (Å²) in [7, 11) is -4.15. The van der Waals surface area contributed by atoms with Crippen LogP contribution in [0.25, 0.3) is 5.69 Å². The number of halogens is 2. The summed E-state index contributed by atoms with van der Waals surface area (Å²) in [6.07, 6.45) is 1.38. The number of hydrogen-bond donors (Lipinski definition) is 2. The zero-order valence-corrected chi connectivity index (χ0v) is 17.8. The largest absolute Gasteiger partial charge is 0.326 e. The van der Waals surface area contributed by atoms with E-state index in [1.54, 1.807) is 24.3 Å². The normalized spacial score (nSPS) is 11.1. The molecule has 1 heterocycles. The Balaban J connectivity index is 1.93. The number of amides is 1. The molecular weight excluding hydrogens is 482 g/mol. The lowest BCUT2D eigenvalue weighted by Crippen LogP contribution is -2.18. The molecule has 0 aliphatic carbocycles. The molecule has 1 amide bonds. The van der Waals surface area contributed by atoms with Crippen LogP contribution in [0.15, 0.2) is 58.2 Å². The fourth-order valence-corrected chi connectivity index (χ4v) is 3.89. The second kappa shape index (κ2) is 8.34. The molecule has 8 nitrogen and oxygen atoms in total. The molecule has 11 heteroatoms. The maximum Gasteiger partial charge on any atom is 0.240 e. The van der Waals surface area contributed by atoms with Gasteiger partial charge in [0, 0.05) is 16.9 Å². The number of nitrogens with two attached hydrogens (primary N) is 1. The molecule has 0 spiro atoms. The van der Waals surface area contributed by atoms with Crippen molar-refractivity contribution in [3.63, 3.8) is 0 Å². The molecule has 0 aliphatic heterocycles. The van der Waals surface area contributed by atoms with Crippen molar-refractivity contribution in [1.29, 1.82) is 5.26 Å². The van der Waals surface area contributed by atoms with Gasteiger partial charge in [0.25, 0.3) is 0 Å². The molecular formula is C18H13BrClN5O3S. The van der Waals surface area contributed by atoms with Crippen molar-refractivity contribution < 1.29 is 13.2 Å². The van der Waals surface area contributed by atoms with Gasteiger partial charge < -0.3 is 5.32 Å². The molecule has 3 aromatic rings. The molecule has 0 aliphatic rings. The number of carbonyl (C=O) groups excluding carboxylic acids is 1. The molecule has 3 rings (SSSR count). The minimum Gasteiger partial charge on any atom is -0.326 e. The number of rotatable bonds is 5. The Kier molecular flexibility index (Phi) is 6.04. The van der Waals surface area contributed by atoms with E-state index in [0.717, 1.165) is 0 Å². The first-order valence-electron chi connectivity index (χ1n) is 8.05. The first-order valence-corrected chi connectivity index (χ1v) is 10.8. The summed E-state index contributed by atoms with van der Waals surface area (Å²) in [6, 6.07) is 13.0. The molecule has 148 valence electrons. The summed E-state index contributed by atoms with van der Waals surface area (Å²) < 4.78 is 25.7. The van der Waals surface area contributed by atoms with Gasteiger partial charge in [-0.2, -0.15) is 10.4 Å². The monoisotopic (exact) mass is 493 g/mol. The van der Waals surface area contributed by atoms with Gasteiger partial charge in [0.15, 0.2) is 0 Å². The van der Waals surface area contributed by atoms with Crippen molar-refractivity contribution >= 4 is 49.1 Å². The number of nitriles is 1. The zero-order chi connectivity index (χ0) is 21.2. The highest BCUT2D eigenvalue weighted by Gasteiger charge is 2.19. The Bertz CT molecular complexity index is 1250. The quantitative estimate of drug-likeness (QED) is 0.563. The van der Waals surface area contributed by atoms with Crippen LogP contribution in [0.5, 0.6) is 0 Å². The number of carbonyl (C=O) groups is 1. The summed E-state index contributed by atoms with van der Waals surface area (Å²) >= 11 is 9.19. The van der Waals surface area contributed by atoms with Gasteiger partial charge in [-0.15, -0.1) is 0 Å². The van der Waals surface area contributed by atoms with Gasteiger partial charge in [0.05, 0.1) is 12.1 Å². The topological polar surface area (TPSA) is 131 Å². The Labute approximate surface area is 180 Å². The number of aromatic nitrogens is 2. The van der Waals surface area contributed by atoms with E-state index in [2.05, 4.69) is 26.3 Å². The van der Waals surface area contributed by atoms with Gasteiger partial charge in [-0.3, -0.25) is 4.79 Å². The van der Waals surface area contributed by atoms with E-state index in [4.69, 9.17) is 22.0 Å². The minimum atomic E-state index is -4.15. The number of nitrogens with zero attached hydrogens (tertiary/aromatic N) is 3. The van der Waals surface area contributed by atoms with Crippen LogP contribution in [0.4, 0.5) is 5.69 Å². The van der Waals surface area contributed by atoms with Crippen molar-refractivity contribution in [2.24, 2.45) is 5.14 Å². The number of sulfonamides is 1. The van der Waals surface area contributed by atoms with Gasteiger partial charge in [-0.25, -0.2) is 18.2 Å². The first-order chi connectivity index (χ1) is 13.7. The highest BCUT2D eigenvalue weighted by atomic mass is 79.9. The molecule has 0 saturated heterocycles. The van der Waals surface area contributed by atoms with Gasteiger partial charge in [-0.05, 0) is 45.8 Å². The minimum absolute atomic E-state index is 0.0176. The predicted molar refractivity (Wildman–Crippen MR) is 111 cm³/mol. The lowest BCUT2D eigenvalue weighted by molar-refractivity contribution is -0.115. The number of hydrogen-bond acceptors (Lipinski definition) is 5. The lowest BCUT2D eigenvalue weighted by Gasteiger charge is -2.12. The molecule has 0 saturated carbocycles. The van der Waals surface area contributed by atoms with Crippen LogP contribution in [-0.4, -0.2) is 24.1 Å². The smallest absolute Gasteiger partial charge is 0.240 e. The van der Waals surface area contributed by atoms with E-state index >= 15 is 0 Å². The molecule has 3 N–H and O–H groups in total. The maximum atomic E-state index is 12.3. The summed E-state index contributed by atoms with van der Waals surface area (Å²) in [5.74, 6) is -0.375. The van der Waals surface area contributed by atoms with E-state index < -0.39 is 10.0 Å². The fraction of sp³-hybridized carbons (Fsp3) is 0.0556. The molecule has 0 unspecified atom stereocenters. The SMILES string of the molecule is N#Cc1cn(-c2ccc(NC(=O)Cc3ccccc3Cl)cc2S(N)(=O)=O)nc1Br. The maximum absolute atomic E-state index is 12.3. The number of nitrogens with one attached hydrogen (secondary N) is 1. The van der Waals surface area contributed by atoms with E-state index in [9.17, 15) is 13.2 Å². The van der Waals surface area contributed by atoms with Crippen LogP contribution in [0.2, 0.25) is 5.02 Å². The highest BCUT2D eigenvalue weighted by Crippen LogP contribution is 2.25. The predicted octanol–water partition coefficient (Wildman–Crippen LogP) is 2.99. The van der Waals surface area contributed by atoms with Crippen LogP contribution in [0.1, 0.15) is 11.1 Å². The van der Waals surface area contributed by atoms with Crippen molar-refractivity contribution in [1.82, 2.24) is 9.78 Å². The summed E-state index contributed by atoms with van der Waals surface area (Å²) in [4.78, 5) is 12.1. The summed E-state index contributed by atoms with van der Waals surface area (Å²) in [5, 5.41) is 21.6. The number of anilines is 1. The Morgan fingerprint density at radius 1 is 1.31 bits per heavy atom. The van der Waals surface area contributed by atoms with Crippen LogP contribution in [0.3, 0.4) is 0 Å². The number of primary sulfonamides is 1. The Hall–Kier alpha value is -2.71. The Morgan fingerprint density at radius 3 is 2.66 bits per heavy atom. The van der Waals surface area contributed by atoms with Gasteiger partial charge in [0.2, 0.25) is 15.9 Å². The third-order valence-corrected chi connectivity index (χ3v) is 5.79. The molecule has 0 radical (unpaired) electrons. The van der Waals surface area contributed by atoms with Crippen molar-refractivity contribution in [2.45, 2.75) is 11.3 Å². The molecule has 0 bridgehead atoms. The fourth-order valence-electron chi connectivity index (χ4n) is 2.58. The van der Waals surface area contributed by atoms with Crippen LogP contribution >= 0.6 is 27.5 Å². The summed E-state index contributed by atoms with van der Waals surface area (Å²) in [6.45, 7) is 0. The second-order valence-electron chi connectivity index (χ2n) is 5.93. The third kappa shape index (κ3) is 4.83. The molecule has 1 aromatic heterocycles. The lowest BCUT2D eigenvalue weighted by atomic mass is 10.1. The average molecular weight is 495 g/mol. The van der Waals surface area contributed by atoms with Crippen molar-refractivity contribution in [2.75, 3.05) is 5.32 Å². The van der Waals surface area contributed by atoms with E-state index in [1.807, 2.05) is 6.07 Å². The van der Waals surface area contributed by atoms with E-state index in [0.29, 0.717) is 10.6 Å². The number of benzene rings is 2. The second-order valence-corrected chi connectivity index (χ2v) is 8.62. The van der Waals surface area contributed by atoms with Crippen molar-refractivity contribution in [3.8, 4) is 11.8 Å². The standard InChI is InChI=1S/C18H13BrClN5O3S/c19-18-12(9-21)10-25(24-18)15-6-5-13(8-16(15)29(22,27)28)23-17(26)7-11-3-1-2-4-14(11)20/h1-6,8,10H,7H2,(H,23,26)(H2,22,27,28). The van der Waals surface area contributed by atoms with E-state index in [1.165, 1.54) is 29.1 Å². The van der Waals surface area contributed by atoms with Gasteiger partial charge >= 0.3 is 0 Å². The molecule has 29 heavy (non-hydrogen) atoms. The summed E-state index contributed by atoms with van der Waals surface area (Å²) in [5.41, 5.74) is 1.24. The van der Waals surface area contributed by atoms with Crippen LogP contribution < -0.4 is 10.5 Å². The zero-order valence-electron chi connectivity index (χ0n) is 14.6. The average Bonchev–Trinajstić information content (AvgIpc) is 3.03. The van der Waals surface area contributed by atoms with Gasteiger partial charge in [-0.1, -0.05) is 29.8 Å². The van der Waals surface area contributed by atoms with Gasteiger partial charge in [0.1, 0.15) is 21.1 Å². The first kappa shape index (κ1) is 21.0. The molecule has 0 atom stereocenters. The molecule has 0 fully saturated rings. The van der Waals surface area contributed by atoms with Crippen LogP contribution in [-0.2, 0) is 21.2 Å². The highest BCUT2D eigenvalue weighted by molar-refractivity contribution is 9.10. The third-order valence-electron chi connectivity index (χ3n) is 3.90. The Morgan fingerprint density at radius 2 is 2.03 bits per heavy atom. The van der Waals surface area contributed by atoms with Crippen molar-refractivity contribution in [3.05, 3.63) is 69.4 Å². The molecule has 2 aromatic carbocycles. The van der Waals surface area contributed by atoms with Crippen LogP contribution in [0, 0.1) is 11.3 Å².